The SMILES string of the molecule is Nc1nc2c(ncn2C2=C3O[PH](O)(O)OCc4oc(N5C=NC6C(N)NCCC65)c(O)c4O[PH](O)(O)O/C=C(/O2)[C@H]3O)c(=O)[nH]1. The average molecular weight is 675 g/mol. The van der Waals surface area contributed by atoms with Gasteiger partial charge in [-0.1, -0.05) is 0 Å². The number of aliphatic imine (C=N–C) groups is 1. The van der Waals surface area contributed by atoms with Gasteiger partial charge in [0.15, 0.2) is 0 Å². The van der Waals surface area contributed by atoms with Gasteiger partial charge >= 0.3 is 250 Å². The zero-order valence-electron chi connectivity index (χ0n) is 22.6. The molecular weight excluding hydrogens is 648 g/mol. The first-order chi connectivity index (χ1) is 21.3. The van der Waals surface area contributed by atoms with Crippen molar-refractivity contribution in [1.82, 2.24) is 24.8 Å². The van der Waals surface area contributed by atoms with Crippen molar-refractivity contribution in [2.45, 2.75) is 37.4 Å². The summed E-state index contributed by atoms with van der Waals surface area (Å²) in [4.78, 5) is 71.2. The number of hydrogen-bond donors (Lipinski definition) is 10. The number of hydrogen-bond acceptors (Lipinski definition) is 20. The number of imidazole rings is 1. The van der Waals surface area contributed by atoms with Crippen LogP contribution in [0.5, 0.6) is 11.5 Å². The standard InChI is InChI=1S/C21H27N9O13P2/c22-16-10-7(1-2-24-16)29(5-25-10)19-13(32)14-9(41-19)4-39-45(36,37)43-15-12(31)8(3-38-44(34,35)42-14)40-20(15)30-6-26-11-17(30)27-21(23)28-18(11)33/h3,5-7,10,12,16,24,31-32,34-37,44-45H,1-2,4,22H2,(H3,23,27,28,33)/b8-3+/t7?,10?,12-,16?/m1/s1. The molecule has 4 aliphatic heterocycles. The number of nitrogens with zero attached hydrogens (tertiary/aromatic N) is 5. The van der Waals surface area contributed by atoms with Crippen LogP contribution < -0.4 is 31.8 Å². The molecule has 3 aromatic rings. The number of nitrogens with one attached hydrogen (secondary N) is 2. The van der Waals surface area contributed by atoms with Gasteiger partial charge < -0.3 is 0 Å². The number of nitrogens with two attached hydrogens (primary N) is 2. The first kappa shape index (κ1) is 29.6. The number of aromatic hydroxyl groups is 1. The third kappa shape index (κ3) is 5.12. The Bertz CT molecular complexity index is 1840. The van der Waals surface area contributed by atoms with Crippen LogP contribution in [0.3, 0.4) is 0 Å². The summed E-state index contributed by atoms with van der Waals surface area (Å²) in [5.74, 6) is -4.02. The molecule has 4 aliphatic rings. The Morgan fingerprint density at radius 2 is 1.96 bits per heavy atom. The van der Waals surface area contributed by atoms with Crippen LogP contribution >= 0.6 is 16.3 Å². The minimum atomic E-state index is -5.29. The van der Waals surface area contributed by atoms with Gasteiger partial charge in [0.2, 0.25) is 0 Å². The number of aromatic nitrogens is 4. The fourth-order valence-corrected chi connectivity index (χ4v) is 6.85. The number of piperidine rings is 1. The molecule has 7 heterocycles. The van der Waals surface area contributed by atoms with E-state index in [0.717, 1.165) is 10.9 Å². The van der Waals surface area contributed by atoms with E-state index < -0.39 is 81.5 Å². The van der Waals surface area contributed by atoms with Crippen molar-refractivity contribution in [1.29, 1.82) is 0 Å². The molecule has 24 heteroatoms. The summed E-state index contributed by atoms with van der Waals surface area (Å²) in [5.41, 5.74) is 10.7. The first-order valence-electron chi connectivity index (χ1n) is 13.1. The van der Waals surface area contributed by atoms with Crippen molar-refractivity contribution in [2.24, 2.45) is 10.7 Å². The molecule has 0 saturated carbocycles. The van der Waals surface area contributed by atoms with Gasteiger partial charge in [-0.25, -0.2) is 0 Å². The summed E-state index contributed by atoms with van der Waals surface area (Å²) in [5, 5.41) is 25.1. The number of fused-ring (bicyclic) bond motifs is 5. The van der Waals surface area contributed by atoms with Gasteiger partial charge in [-0.2, -0.15) is 0 Å². The second-order valence-corrected chi connectivity index (χ2v) is 13.3. The molecule has 22 nitrogen and oxygen atoms in total. The van der Waals surface area contributed by atoms with Crippen LogP contribution in [-0.2, 0) is 24.9 Å². The zero-order valence-corrected chi connectivity index (χ0v) is 24.6. The topological polar surface area (TPSA) is 324 Å². The number of aliphatic hydroxyl groups is 1. The van der Waals surface area contributed by atoms with Gasteiger partial charge in [-0.05, 0) is 0 Å². The van der Waals surface area contributed by atoms with Gasteiger partial charge in [0.25, 0.3) is 0 Å². The number of ether oxygens (including phenoxy) is 1. The van der Waals surface area contributed by atoms with E-state index in [2.05, 4.69) is 25.3 Å². The Kier molecular flexibility index (Phi) is 6.91. The summed E-state index contributed by atoms with van der Waals surface area (Å²) in [6.07, 6.45) is 1.13. The van der Waals surface area contributed by atoms with Crippen molar-refractivity contribution >= 4 is 51.6 Å². The number of aromatic amines is 1. The number of rotatable bonds is 2. The number of H-pyrrole nitrogens is 1. The molecule has 3 unspecified atom stereocenters. The maximum atomic E-state index is 12.3. The van der Waals surface area contributed by atoms with Crippen molar-refractivity contribution in [3.8, 4) is 11.5 Å². The molecule has 3 aromatic heterocycles. The van der Waals surface area contributed by atoms with Gasteiger partial charge in [-0.3, -0.25) is 0 Å². The summed E-state index contributed by atoms with van der Waals surface area (Å²) in [6, 6.07) is -0.738. The third-order valence-electron chi connectivity index (χ3n) is 7.21. The van der Waals surface area contributed by atoms with E-state index in [1.54, 1.807) is 0 Å². The molecular formula is C21H27N9O13P2. The molecule has 244 valence electrons. The first-order valence-corrected chi connectivity index (χ1v) is 16.5. The molecule has 0 amide bonds. The predicted octanol–water partition coefficient (Wildman–Crippen LogP) is -2.35. The fraction of sp³-hybridized carbons (Fsp3) is 0.333. The summed E-state index contributed by atoms with van der Waals surface area (Å²) >= 11 is 0. The molecule has 0 radical (unpaired) electrons. The van der Waals surface area contributed by atoms with Gasteiger partial charge in [-0.15, -0.1) is 0 Å². The molecule has 2 bridgehead atoms. The number of anilines is 2. The Hall–Kier alpha value is -4.08. The third-order valence-corrected chi connectivity index (χ3v) is 9.11. The average Bonchev–Trinajstić information content (AvgIpc) is 3.72. The zero-order chi connectivity index (χ0) is 31.8. The van der Waals surface area contributed by atoms with E-state index in [9.17, 15) is 34.6 Å². The Morgan fingerprint density at radius 3 is 2.76 bits per heavy atom. The molecule has 4 atom stereocenters. The van der Waals surface area contributed by atoms with Crippen molar-refractivity contribution < 1.29 is 57.0 Å². The second-order valence-electron chi connectivity index (χ2n) is 10.1. The van der Waals surface area contributed by atoms with Crippen LogP contribution in [0.25, 0.3) is 17.0 Å². The van der Waals surface area contributed by atoms with E-state index in [-0.39, 0.29) is 29.0 Å². The van der Waals surface area contributed by atoms with Gasteiger partial charge in [0.1, 0.15) is 0 Å². The van der Waals surface area contributed by atoms with Crippen LogP contribution in [-0.4, -0.2) is 86.5 Å². The molecule has 45 heavy (non-hydrogen) atoms. The van der Waals surface area contributed by atoms with Gasteiger partial charge in [0.05, 0.1) is 0 Å². The van der Waals surface area contributed by atoms with Crippen LogP contribution in [0, 0.1) is 0 Å². The van der Waals surface area contributed by atoms with E-state index in [4.69, 9.17) is 38.7 Å². The van der Waals surface area contributed by atoms with E-state index in [1.807, 2.05) is 0 Å². The van der Waals surface area contributed by atoms with Crippen LogP contribution in [0.4, 0.5) is 11.8 Å². The Morgan fingerprint density at radius 1 is 1.16 bits per heavy atom. The van der Waals surface area contributed by atoms with Crippen molar-refractivity contribution in [3.05, 3.63) is 40.2 Å². The monoisotopic (exact) mass is 675 g/mol. The van der Waals surface area contributed by atoms with E-state index >= 15 is 0 Å². The number of nitrogen functional groups attached to an aromatic ring is 1. The minimum absolute atomic E-state index is 0.172. The van der Waals surface area contributed by atoms with Crippen LogP contribution in [0.2, 0.25) is 0 Å². The van der Waals surface area contributed by atoms with Crippen molar-refractivity contribution in [3.63, 3.8) is 0 Å². The molecule has 0 spiro atoms. The molecule has 0 aromatic carbocycles. The molecule has 1 saturated heterocycles. The quantitative estimate of drug-likeness (QED) is 0.127. The van der Waals surface area contributed by atoms with Crippen molar-refractivity contribution in [2.75, 3.05) is 17.2 Å². The molecule has 12 N–H and O–H groups in total. The Labute approximate surface area is 250 Å². The van der Waals surface area contributed by atoms with Crippen LogP contribution in [0.1, 0.15) is 12.2 Å². The fourth-order valence-electron chi connectivity index (χ4n) is 5.20. The molecule has 0 aliphatic carbocycles. The van der Waals surface area contributed by atoms with E-state index in [0.29, 0.717) is 19.2 Å². The van der Waals surface area contributed by atoms with Crippen LogP contribution in [0.15, 0.2) is 38.3 Å². The van der Waals surface area contributed by atoms with Gasteiger partial charge in [0, 0.05) is 0 Å². The summed E-state index contributed by atoms with van der Waals surface area (Å²) < 4.78 is 33.2. The summed E-state index contributed by atoms with van der Waals surface area (Å²) in [6.45, 7) is -0.329. The predicted molar refractivity (Wildman–Crippen MR) is 154 cm³/mol. The second kappa shape index (κ2) is 10.5. The molecule has 1 fully saturated rings. The maximum absolute atomic E-state index is 12.3. The summed E-state index contributed by atoms with van der Waals surface area (Å²) in [7, 11) is -10.6. The number of aliphatic hydroxyl groups excluding tert-OH is 1. The Balaban J connectivity index is 1.27. The normalized spacial score (nSPS) is 29.8. The van der Waals surface area contributed by atoms with E-state index in [1.165, 1.54) is 11.2 Å². The number of furan rings is 1. The molecule has 7 rings (SSSR count).